The topological polar surface area (TPSA) is 116 Å². The number of hydrogen-bond donors (Lipinski definition) is 2. The zero-order valence-electron chi connectivity index (χ0n) is 12.7. The number of rotatable bonds is 6. The lowest BCUT2D eigenvalue weighted by Crippen LogP contribution is -2.23. The van der Waals surface area contributed by atoms with Crippen LogP contribution in [0.15, 0.2) is 53.4 Å². The number of benzene rings is 2. The van der Waals surface area contributed by atoms with E-state index in [0.29, 0.717) is 11.1 Å². The normalized spacial score (nSPS) is 11.7. The van der Waals surface area contributed by atoms with E-state index in [-0.39, 0.29) is 17.1 Å². The van der Waals surface area contributed by atoms with Gasteiger partial charge in [-0.05, 0) is 42.0 Å². The molecule has 2 rings (SSSR count). The zero-order chi connectivity index (χ0) is 17.8. The minimum absolute atomic E-state index is 0.0233. The Kier molecular flexibility index (Phi) is 5.23. The van der Waals surface area contributed by atoms with E-state index < -0.39 is 20.0 Å². The van der Waals surface area contributed by atoms with Crippen molar-refractivity contribution < 1.29 is 16.8 Å². The lowest BCUT2D eigenvalue weighted by atomic mass is 10.1. The summed E-state index contributed by atoms with van der Waals surface area (Å²) in [6.45, 7) is 0.0807. The fourth-order valence-corrected chi connectivity index (χ4v) is 3.46. The molecule has 2 aromatic carbocycles. The molecule has 2 aromatic rings. The second-order valence-electron chi connectivity index (χ2n) is 5.03. The van der Waals surface area contributed by atoms with E-state index in [1.807, 2.05) is 6.07 Å². The van der Waals surface area contributed by atoms with Gasteiger partial charge in [-0.15, -0.1) is 0 Å². The minimum Gasteiger partial charge on any atom is -0.284 e. The first kappa shape index (κ1) is 17.9. The maximum Gasteiger partial charge on any atom is 0.240 e. The molecule has 0 atom stereocenters. The van der Waals surface area contributed by atoms with Crippen LogP contribution in [0.5, 0.6) is 0 Å². The highest BCUT2D eigenvalue weighted by Crippen LogP contribution is 2.15. The third-order valence-electron chi connectivity index (χ3n) is 3.02. The largest absolute Gasteiger partial charge is 0.284 e. The van der Waals surface area contributed by atoms with Crippen molar-refractivity contribution in [1.82, 2.24) is 4.72 Å². The lowest BCUT2D eigenvalue weighted by Gasteiger charge is -2.08. The molecule has 9 heteroatoms. The summed E-state index contributed by atoms with van der Waals surface area (Å²) in [6, 6.07) is 13.9. The van der Waals surface area contributed by atoms with E-state index in [2.05, 4.69) is 9.44 Å². The number of anilines is 1. The van der Waals surface area contributed by atoms with Gasteiger partial charge in [-0.25, -0.2) is 21.6 Å². The molecule has 126 valence electrons. The van der Waals surface area contributed by atoms with Crippen molar-refractivity contribution in [1.29, 1.82) is 5.26 Å². The summed E-state index contributed by atoms with van der Waals surface area (Å²) in [5, 5.41) is 8.73. The van der Waals surface area contributed by atoms with Crippen LogP contribution >= 0.6 is 0 Å². The Morgan fingerprint density at radius 2 is 1.54 bits per heavy atom. The molecular weight excluding hydrogens is 350 g/mol. The summed E-state index contributed by atoms with van der Waals surface area (Å²) in [7, 11) is -7.14. The molecule has 0 heterocycles. The number of nitriles is 1. The molecule has 24 heavy (non-hydrogen) atoms. The molecule has 0 aliphatic heterocycles. The van der Waals surface area contributed by atoms with E-state index in [1.54, 1.807) is 24.3 Å². The summed E-state index contributed by atoms with van der Waals surface area (Å²) >= 11 is 0. The molecule has 0 bridgehead atoms. The van der Waals surface area contributed by atoms with Gasteiger partial charge in [-0.3, -0.25) is 4.72 Å². The Labute approximate surface area is 141 Å². The molecule has 0 aliphatic carbocycles. The first-order chi connectivity index (χ1) is 11.2. The van der Waals surface area contributed by atoms with Crippen molar-refractivity contribution >= 4 is 25.7 Å². The third kappa shape index (κ3) is 5.06. The van der Waals surface area contributed by atoms with Crippen LogP contribution in [0.25, 0.3) is 0 Å². The van der Waals surface area contributed by atoms with Gasteiger partial charge in [0, 0.05) is 12.2 Å². The zero-order valence-corrected chi connectivity index (χ0v) is 14.4. The van der Waals surface area contributed by atoms with Crippen LogP contribution in [-0.4, -0.2) is 23.1 Å². The van der Waals surface area contributed by atoms with E-state index in [4.69, 9.17) is 5.26 Å². The van der Waals surface area contributed by atoms with Gasteiger partial charge in [0.2, 0.25) is 20.0 Å². The Morgan fingerprint density at radius 3 is 2.04 bits per heavy atom. The summed E-state index contributed by atoms with van der Waals surface area (Å²) in [4.78, 5) is 0.0233. The van der Waals surface area contributed by atoms with Crippen LogP contribution in [0.4, 0.5) is 5.69 Å². The van der Waals surface area contributed by atoms with Gasteiger partial charge in [0.05, 0.1) is 22.8 Å². The fraction of sp³-hybridized carbons (Fsp3) is 0.133. The van der Waals surface area contributed by atoms with E-state index in [9.17, 15) is 16.8 Å². The van der Waals surface area contributed by atoms with Gasteiger partial charge in [0.1, 0.15) is 0 Å². The lowest BCUT2D eigenvalue weighted by molar-refractivity contribution is 0.581. The van der Waals surface area contributed by atoms with Crippen LogP contribution in [0.3, 0.4) is 0 Å². The average molecular weight is 365 g/mol. The van der Waals surface area contributed by atoms with Crippen molar-refractivity contribution in [2.75, 3.05) is 11.0 Å². The Hall–Kier alpha value is -2.41. The maximum atomic E-state index is 12.2. The van der Waals surface area contributed by atoms with Gasteiger partial charge >= 0.3 is 0 Å². The smallest absolute Gasteiger partial charge is 0.240 e. The fourth-order valence-electron chi connectivity index (χ4n) is 1.88. The van der Waals surface area contributed by atoms with Crippen molar-refractivity contribution in [2.45, 2.75) is 11.4 Å². The third-order valence-corrected chi connectivity index (χ3v) is 5.04. The van der Waals surface area contributed by atoms with E-state index >= 15 is 0 Å². The molecular formula is C15H15N3O4S2. The van der Waals surface area contributed by atoms with Crippen LogP contribution < -0.4 is 9.44 Å². The van der Waals surface area contributed by atoms with Gasteiger partial charge in [-0.1, -0.05) is 12.1 Å². The summed E-state index contributed by atoms with van der Waals surface area (Å²) < 4.78 is 51.4. The molecule has 0 aromatic heterocycles. The van der Waals surface area contributed by atoms with Gasteiger partial charge in [0.25, 0.3) is 0 Å². The van der Waals surface area contributed by atoms with Crippen LogP contribution in [0, 0.1) is 11.3 Å². The number of nitrogens with zero attached hydrogens (tertiary/aromatic N) is 1. The number of nitrogens with one attached hydrogen (secondary N) is 2. The molecule has 7 nitrogen and oxygen atoms in total. The Bertz CT molecular complexity index is 959. The first-order valence-corrected chi connectivity index (χ1v) is 10.1. The van der Waals surface area contributed by atoms with E-state index in [1.165, 1.54) is 24.3 Å². The highest BCUT2D eigenvalue weighted by atomic mass is 32.2. The molecule has 0 amide bonds. The summed E-state index contributed by atoms with van der Waals surface area (Å²) in [6.07, 6.45) is 1.01. The standard InChI is InChI=1S/C15H15N3O4S2/c1-23(19,20)18-14-6-8-15(9-7-14)24(21,22)17-11-13-4-2-12(10-16)3-5-13/h2-9,17-18H,11H2,1H3. The maximum absolute atomic E-state index is 12.2. The van der Waals surface area contributed by atoms with Crippen molar-refractivity contribution in [3.8, 4) is 6.07 Å². The van der Waals surface area contributed by atoms with Crippen LogP contribution in [-0.2, 0) is 26.6 Å². The van der Waals surface area contributed by atoms with Crippen molar-refractivity contribution in [3.63, 3.8) is 0 Å². The quantitative estimate of drug-likeness (QED) is 0.803. The highest BCUT2D eigenvalue weighted by Gasteiger charge is 2.14. The minimum atomic E-state index is -3.73. The summed E-state index contributed by atoms with van der Waals surface area (Å²) in [5.41, 5.74) is 1.49. The summed E-state index contributed by atoms with van der Waals surface area (Å²) in [5.74, 6) is 0. The molecule has 0 spiro atoms. The molecule has 0 fully saturated rings. The van der Waals surface area contributed by atoms with Crippen LogP contribution in [0.2, 0.25) is 0 Å². The first-order valence-electron chi connectivity index (χ1n) is 6.76. The van der Waals surface area contributed by atoms with Crippen LogP contribution in [0.1, 0.15) is 11.1 Å². The second-order valence-corrected chi connectivity index (χ2v) is 8.55. The number of hydrogen-bond acceptors (Lipinski definition) is 5. The SMILES string of the molecule is CS(=O)(=O)Nc1ccc(S(=O)(=O)NCc2ccc(C#N)cc2)cc1. The highest BCUT2D eigenvalue weighted by molar-refractivity contribution is 7.92. The molecule has 0 unspecified atom stereocenters. The molecule has 0 saturated heterocycles. The Balaban J connectivity index is 2.08. The van der Waals surface area contributed by atoms with E-state index in [0.717, 1.165) is 6.26 Å². The van der Waals surface area contributed by atoms with Crippen molar-refractivity contribution in [3.05, 3.63) is 59.7 Å². The predicted molar refractivity (Wildman–Crippen MR) is 90.1 cm³/mol. The average Bonchev–Trinajstić information content (AvgIpc) is 2.52. The monoisotopic (exact) mass is 365 g/mol. The molecule has 0 saturated carbocycles. The van der Waals surface area contributed by atoms with Gasteiger partial charge in [-0.2, -0.15) is 5.26 Å². The van der Waals surface area contributed by atoms with Crippen molar-refractivity contribution in [2.24, 2.45) is 0 Å². The van der Waals surface area contributed by atoms with Gasteiger partial charge < -0.3 is 0 Å². The van der Waals surface area contributed by atoms with Gasteiger partial charge in [0.15, 0.2) is 0 Å². The predicted octanol–water partition coefficient (Wildman–Crippen LogP) is 1.41. The second kappa shape index (κ2) is 7.00. The Morgan fingerprint density at radius 1 is 0.958 bits per heavy atom. The molecule has 2 N–H and O–H groups in total. The molecule has 0 radical (unpaired) electrons. The number of sulfonamides is 2. The molecule has 0 aliphatic rings.